The van der Waals surface area contributed by atoms with E-state index in [2.05, 4.69) is 25.5 Å². The number of benzene rings is 1. The molecule has 0 saturated carbocycles. The van der Waals surface area contributed by atoms with E-state index in [0.717, 1.165) is 5.69 Å². The lowest BCUT2D eigenvalue weighted by molar-refractivity contribution is 0.203. The molecule has 0 spiro atoms. The van der Waals surface area contributed by atoms with Crippen LogP contribution in [0.2, 0.25) is 0 Å². The van der Waals surface area contributed by atoms with Gasteiger partial charge in [0.2, 0.25) is 0 Å². The van der Waals surface area contributed by atoms with Crippen molar-refractivity contribution < 1.29 is 14.7 Å². The molecule has 156 valence electrons. The van der Waals surface area contributed by atoms with Gasteiger partial charge in [0.25, 0.3) is 0 Å². The van der Waals surface area contributed by atoms with Crippen LogP contribution in [0.4, 0.5) is 4.79 Å². The summed E-state index contributed by atoms with van der Waals surface area (Å²) in [5.41, 5.74) is 3.80. The van der Waals surface area contributed by atoms with Crippen LogP contribution in [0.15, 0.2) is 59.9 Å². The molecule has 0 radical (unpaired) electrons. The molecule has 31 heavy (non-hydrogen) atoms. The molecule has 2 N–H and O–H groups in total. The Labute approximate surface area is 178 Å². The third-order valence-electron chi connectivity index (χ3n) is 4.71. The van der Waals surface area contributed by atoms with Crippen LogP contribution in [0, 0.1) is 6.92 Å². The summed E-state index contributed by atoms with van der Waals surface area (Å²) in [7, 11) is 1.49. The van der Waals surface area contributed by atoms with Crippen LogP contribution < -0.4 is 10.1 Å². The molecule has 0 aliphatic rings. The SMILES string of the molecule is CNC(=O)Oc1cc(-c2cccc(C(C)=NO)n2)cc2c1cnn2-c1cccc(C)n1. The Hall–Kier alpha value is -4.27. The number of rotatable bonds is 4. The van der Waals surface area contributed by atoms with Gasteiger partial charge in [0.05, 0.1) is 28.5 Å². The number of fused-ring (bicyclic) bond motifs is 1. The zero-order chi connectivity index (χ0) is 22.0. The lowest BCUT2D eigenvalue weighted by Crippen LogP contribution is -2.22. The smallest absolute Gasteiger partial charge is 0.411 e. The molecule has 0 bridgehead atoms. The molecule has 0 aliphatic heterocycles. The molecule has 1 aromatic carbocycles. The first-order chi connectivity index (χ1) is 15.0. The first-order valence-corrected chi connectivity index (χ1v) is 9.52. The van der Waals surface area contributed by atoms with Crippen LogP contribution in [0.3, 0.4) is 0 Å². The number of carbonyl (C=O) groups excluding carboxylic acids is 1. The summed E-state index contributed by atoms with van der Waals surface area (Å²) in [4.78, 5) is 21.1. The van der Waals surface area contributed by atoms with Gasteiger partial charge in [-0.2, -0.15) is 5.10 Å². The summed E-state index contributed by atoms with van der Waals surface area (Å²) in [5, 5.41) is 19.9. The number of aromatic nitrogens is 4. The summed E-state index contributed by atoms with van der Waals surface area (Å²) in [6.07, 6.45) is 1.04. The fraction of sp³-hybridized carbons (Fsp3) is 0.136. The van der Waals surface area contributed by atoms with Crippen LogP contribution in [0.25, 0.3) is 28.0 Å². The number of nitrogens with zero attached hydrogens (tertiary/aromatic N) is 5. The minimum atomic E-state index is -0.593. The lowest BCUT2D eigenvalue weighted by Gasteiger charge is -2.10. The van der Waals surface area contributed by atoms with E-state index in [9.17, 15) is 4.79 Å². The second-order valence-corrected chi connectivity index (χ2v) is 6.83. The molecule has 4 aromatic rings. The third-order valence-corrected chi connectivity index (χ3v) is 4.71. The highest BCUT2D eigenvalue weighted by atomic mass is 16.6. The predicted molar refractivity (Wildman–Crippen MR) is 116 cm³/mol. The molecule has 0 saturated heterocycles. The highest BCUT2D eigenvalue weighted by Gasteiger charge is 2.16. The summed E-state index contributed by atoms with van der Waals surface area (Å²) in [5.74, 6) is 0.980. The molecule has 4 rings (SSSR count). The van der Waals surface area contributed by atoms with Crippen LogP contribution in [-0.2, 0) is 0 Å². The molecule has 0 aliphatic carbocycles. The Morgan fingerprint density at radius 1 is 1.16 bits per heavy atom. The number of nitrogens with one attached hydrogen (secondary N) is 1. The van der Waals surface area contributed by atoms with Gasteiger partial charge in [-0.15, -0.1) is 0 Å². The number of pyridine rings is 2. The van der Waals surface area contributed by atoms with E-state index in [1.165, 1.54) is 7.05 Å². The molecule has 1 amide bonds. The topological polar surface area (TPSA) is 115 Å². The van der Waals surface area contributed by atoms with Crippen molar-refractivity contribution in [2.75, 3.05) is 7.05 Å². The number of hydrogen-bond donors (Lipinski definition) is 2. The van der Waals surface area contributed by atoms with Crippen LogP contribution in [-0.4, -0.2) is 43.8 Å². The van der Waals surface area contributed by atoms with E-state index in [0.29, 0.717) is 45.1 Å². The highest BCUT2D eigenvalue weighted by Crippen LogP contribution is 2.33. The van der Waals surface area contributed by atoms with Gasteiger partial charge in [-0.05, 0) is 50.2 Å². The van der Waals surface area contributed by atoms with Gasteiger partial charge in [0.15, 0.2) is 5.82 Å². The number of carbonyl (C=O) groups is 1. The fourth-order valence-corrected chi connectivity index (χ4v) is 3.16. The van der Waals surface area contributed by atoms with E-state index in [4.69, 9.17) is 9.94 Å². The van der Waals surface area contributed by atoms with E-state index in [1.54, 1.807) is 29.9 Å². The number of ether oxygens (including phenoxy) is 1. The standard InChI is InChI=1S/C22H20N6O3/c1-13-6-4-9-21(25-13)28-19-10-15(18-8-5-7-17(26-18)14(2)27-30)11-20(16(19)12-24-28)31-22(29)23-3/h4-12,30H,1-3H3,(H,23,29). The maximum Gasteiger partial charge on any atom is 0.412 e. The average molecular weight is 416 g/mol. The Morgan fingerprint density at radius 2 is 1.97 bits per heavy atom. The monoisotopic (exact) mass is 416 g/mol. The van der Waals surface area contributed by atoms with Crippen molar-refractivity contribution in [3.63, 3.8) is 0 Å². The van der Waals surface area contributed by atoms with Gasteiger partial charge in [0, 0.05) is 18.3 Å². The largest absolute Gasteiger partial charge is 0.412 e. The zero-order valence-electron chi connectivity index (χ0n) is 17.2. The summed E-state index contributed by atoms with van der Waals surface area (Å²) in [6, 6.07) is 14.7. The number of amides is 1. The summed E-state index contributed by atoms with van der Waals surface area (Å²) >= 11 is 0. The molecule has 0 fully saturated rings. The van der Waals surface area contributed by atoms with Crippen molar-refractivity contribution in [3.05, 3.63) is 66.1 Å². The van der Waals surface area contributed by atoms with Gasteiger partial charge in [-0.1, -0.05) is 17.3 Å². The molecule has 0 atom stereocenters. The van der Waals surface area contributed by atoms with Crippen LogP contribution in [0.5, 0.6) is 5.75 Å². The normalized spacial score (nSPS) is 11.5. The van der Waals surface area contributed by atoms with Crippen LogP contribution >= 0.6 is 0 Å². The maximum atomic E-state index is 11.9. The molecular weight excluding hydrogens is 396 g/mol. The second kappa shape index (κ2) is 8.23. The summed E-state index contributed by atoms with van der Waals surface area (Å²) < 4.78 is 7.18. The van der Waals surface area contributed by atoms with Crippen molar-refractivity contribution in [2.45, 2.75) is 13.8 Å². The highest BCUT2D eigenvalue weighted by molar-refractivity contribution is 5.97. The maximum absolute atomic E-state index is 11.9. The van der Waals surface area contributed by atoms with Crippen LogP contribution in [0.1, 0.15) is 18.3 Å². The average Bonchev–Trinajstić information content (AvgIpc) is 3.23. The van der Waals surface area contributed by atoms with Crippen molar-refractivity contribution >= 4 is 22.7 Å². The Morgan fingerprint density at radius 3 is 2.71 bits per heavy atom. The second-order valence-electron chi connectivity index (χ2n) is 6.83. The minimum Gasteiger partial charge on any atom is -0.411 e. The van der Waals surface area contributed by atoms with E-state index >= 15 is 0 Å². The van der Waals surface area contributed by atoms with Gasteiger partial charge >= 0.3 is 6.09 Å². The molecule has 9 heteroatoms. The number of hydrogen-bond acceptors (Lipinski definition) is 7. The fourth-order valence-electron chi connectivity index (χ4n) is 3.16. The van der Waals surface area contributed by atoms with E-state index in [-0.39, 0.29) is 0 Å². The molecule has 0 unspecified atom stereocenters. The Balaban J connectivity index is 1.94. The van der Waals surface area contributed by atoms with Gasteiger partial charge in [-0.25, -0.2) is 19.4 Å². The van der Waals surface area contributed by atoms with Gasteiger partial charge < -0.3 is 15.3 Å². The summed E-state index contributed by atoms with van der Waals surface area (Å²) in [6.45, 7) is 3.56. The molecule has 3 aromatic heterocycles. The molecular formula is C22H20N6O3. The zero-order valence-corrected chi connectivity index (χ0v) is 17.2. The quantitative estimate of drug-likeness (QED) is 0.298. The van der Waals surface area contributed by atoms with Crippen molar-refractivity contribution in [1.29, 1.82) is 0 Å². The van der Waals surface area contributed by atoms with E-state index < -0.39 is 6.09 Å². The van der Waals surface area contributed by atoms with E-state index in [1.807, 2.05) is 43.3 Å². The lowest BCUT2D eigenvalue weighted by atomic mass is 10.1. The van der Waals surface area contributed by atoms with Crippen molar-refractivity contribution in [2.24, 2.45) is 5.16 Å². The van der Waals surface area contributed by atoms with Gasteiger partial charge in [-0.3, -0.25) is 0 Å². The first kappa shape index (κ1) is 20.0. The number of aryl methyl sites for hydroxylation is 1. The van der Waals surface area contributed by atoms with Crippen molar-refractivity contribution in [3.8, 4) is 22.8 Å². The third kappa shape index (κ3) is 3.93. The minimum absolute atomic E-state index is 0.338. The Kier molecular flexibility index (Phi) is 5.31. The molecule has 3 heterocycles. The Bertz CT molecular complexity index is 1310. The first-order valence-electron chi connectivity index (χ1n) is 9.52. The molecule has 9 nitrogen and oxygen atoms in total. The van der Waals surface area contributed by atoms with Gasteiger partial charge in [0.1, 0.15) is 11.5 Å². The van der Waals surface area contributed by atoms with Crippen molar-refractivity contribution in [1.82, 2.24) is 25.1 Å². The number of oxime groups is 1. The predicted octanol–water partition coefficient (Wildman–Crippen LogP) is 3.71.